The maximum atomic E-state index is 11.9. The molecule has 0 spiro atoms. The minimum atomic E-state index is -1.30. The molecule has 132 valence electrons. The lowest BCUT2D eigenvalue weighted by Gasteiger charge is -2.27. The van der Waals surface area contributed by atoms with Gasteiger partial charge in [-0.1, -0.05) is 43.0 Å². The minimum absolute atomic E-state index is 0.0162. The van der Waals surface area contributed by atoms with E-state index in [1.54, 1.807) is 37.4 Å². The molecule has 0 bridgehead atoms. The van der Waals surface area contributed by atoms with Crippen LogP contribution in [0, 0.1) is 0 Å². The second kappa shape index (κ2) is 8.88. The van der Waals surface area contributed by atoms with Gasteiger partial charge < -0.3 is 19.4 Å². The molecule has 0 saturated carbocycles. The number of ether oxygens (including phenoxy) is 1. The van der Waals surface area contributed by atoms with Crippen LogP contribution in [0.2, 0.25) is 0 Å². The fourth-order valence-corrected chi connectivity index (χ4v) is 2.26. The lowest BCUT2D eigenvalue weighted by molar-refractivity contribution is -0.146. The van der Waals surface area contributed by atoms with E-state index >= 15 is 0 Å². The zero-order valence-electron chi connectivity index (χ0n) is 13.8. The average molecular weight is 346 g/mol. The number of hydrogen-bond acceptors (Lipinski definition) is 7. The number of likely N-dealkylation sites (N-methyl/N-ethyl adjacent to an activating group) is 1. The Hall–Kier alpha value is -2.81. The summed E-state index contributed by atoms with van der Waals surface area (Å²) in [4.78, 5) is 37.3. The zero-order valence-corrected chi connectivity index (χ0v) is 13.8. The molecule has 8 nitrogen and oxygen atoms in total. The molecule has 1 unspecified atom stereocenters. The van der Waals surface area contributed by atoms with E-state index in [-0.39, 0.29) is 19.7 Å². The number of nitrogens with one attached hydrogen (secondary N) is 1. The van der Waals surface area contributed by atoms with Gasteiger partial charge in [0.2, 0.25) is 0 Å². The van der Waals surface area contributed by atoms with E-state index in [0.717, 1.165) is 0 Å². The molecule has 1 fully saturated rings. The maximum absolute atomic E-state index is 11.9. The van der Waals surface area contributed by atoms with Crippen LogP contribution in [0.3, 0.4) is 0 Å². The first-order valence-electron chi connectivity index (χ1n) is 7.66. The third-order valence-corrected chi connectivity index (χ3v) is 3.33. The van der Waals surface area contributed by atoms with E-state index in [1.165, 1.54) is 11.0 Å². The van der Waals surface area contributed by atoms with Crippen molar-refractivity contribution in [2.24, 2.45) is 0 Å². The van der Waals surface area contributed by atoms with Crippen LogP contribution in [-0.2, 0) is 23.6 Å². The highest BCUT2D eigenvalue weighted by Gasteiger charge is 2.42. The Bertz CT molecular complexity index is 619. The van der Waals surface area contributed by atoms with Crippen molar-refractivity contribution in [3.63, 3.8) is 0 Å². The lowest BCUT2D eigenvalue weighted by atomic mass is 9.73. The monoisotopic (exact) mass is 346 g/mol. The van der Waals surface area contributed by atoms with Gasteiger partial charge in [-0.05, 0) is 12.6 Å². The minimum Gasteiger partial charge on any atom is -0.497 e. The molecular formula is C16H19BN2O6. The first-order valence-corrected chi connectivity index (χ1v) is 7.66. The van der Waals surface area contributed by atoms with Gasteiger partial charge in [0.1, 0.15) is 12.5 Å². The first-order chi connectivity index (χ1) is 12.0. The van der Waals surface area contributed by atoms with Gasteiger partial charge in [0.15, 0.2) is 0 Å². The molecule has 0 aliphatic carbocycles. The molecule has 2 rings (SSSR count). The number of carbonyl (C=O) groups is 3. The van der Waals surface area contributed by atoms with Gasteiger partial charge in [0.25, 0.3) is 0 Å². The molecule has 0 aromatic heterocycles. The summed E-state index contributed by atoms with van der Waals surface area (Å²) in [6.45, 7) is 3.35. The number of hydrogen-bond donors (Lipinski definition) is 1. The number of alkyl carbamates (subject to hydrolysis) is 1. The molecule has 1 aromatic carbocycles. The van der Waals surface area contributed by atoms with Gasteiger partial charge >= 0.3 is 25.2 Å². The lowest BCUT2D eigenvalue weighted by Crippen LogP contribution is -2.49. The largest absolute Gasteiger partial charge is 0.627 e. The molecule has 1 aliphatic rings. The average Bonchev–Trinajstić information content (AvgIpc) is 2.56. The van der Waals surface area contributed by atoms with E-state index in [1.807, 2.05) is 0 Å². The van der Waals surface area contributed by atoms with E-state index in [2.05, 4.69) is 11.9 Å². The quantitative estimate of drug-likeness (QED) is 0.619. The molecule has 1 saturated heterocycles. The highest BCUT2D eigenvalue weighted by molar-refractivity contribution is 6.51. The summed E-state index contributed by atoms with van der Waals surface area (Å²) in [5.41, 5.74) is 0.595. The van der Waals surface area contributed by atoms with Crippen molar-refractivity contribution in [1.82, 2.24) is 10.2 Å². The Kier molecular flexibility index (Phi) is 6.58. The van der Waals surface area contributed by atoms with Crippen molar-refractivity contribution < 1.29 is 28.4 Å². The Morgan fingerprint density at radius 1 is 1.32 bits per heavy atom. The third kappa shape index (κ3) is 5.64. The maximum Gasteiger partial charge on any atom is 0.627 e. The van der Waals surface area contributed by atoms with E-state index in [9.17, 15) is 14.4 Å². The van der Waals surface area contributed by atoms with Gasteiger partial charge in [0.05, 0.1) is 13.1 Å². The van der Waals surface area contributed by atoms with Crippen molar-refractivity contribution in [3.05, 3.63) is 48.6 Å². The smallest absolute Gasteiger partial charge is 0.497 e. The van der Waals surface area contributed by atoms with Crippen LogP contribution in [-0.4, -0.2) is 56.8 Å². The molecule has 9 heteroatoms. The summed E-state index contributed by atoms with van der Waals surface area (Å²) in [6.07, 6.45) is 0.669. The Morgan fingerprint density at radius 2 is 1.92 bits per heavy atom. The van der Waals surface area contributed by atoms with E-state index in [4.69, 9.17) is 14.0 Å². The summed E-state index contributed by atoms with van der Waals surface area (Å²) >= 11 is 0. The summed E-state index contributed by atoms with van der Waals surface area (Å²) in [6, 6.07) is 8.72. The number of rotatable bonds is 5. The standard InChI is InChI=1S/C16H19BN2O6/c1-3-9-23-16(22)18-15(12-7-5-4-6-8-12)17-24-13(20)10-19(2)11-14(21)25-17/h3-8,15H,1,9-11H2,2H3,(H,18,22). The summed E-state index contributed by atoms with van der Waals surface area (Å²) < 4.78 is 15.4. The molecule has 0 radical (unpaired) electrons. The third-order valence-electron chi connectivity index (χ3n) is 3.33. The zero-order chi connectivity index (χ0) is 18.2. The predicted molar refractivity (Wildman–Crippen MR) is 89.3 cm³/mol. The van der Waals surface area contributed by atoms with Crippen LogP contribution in [0.15, 0.2) is 43.0 Å². The van der Waals surface area contributed by atoms with Crippen molar-refractivity contribution in [2.45, 2.75) is 5.94 Å². The van der Waals surface area contributed by atoms with Gasteiger partial charge in [-0.15, -0.1) is 0 Å². The van der Waals surface area contributed by atoms with Crippen LogP contribution < -0.4 is 5.32 Å². The fourth-order valence-electron chi connectivity index (χ4n) is 2.26. The second-order valence-electron chi connectivity index (χ2n) is 5.44. The Labute approximate surface area is 145 Å². The van der Waals surface area contributed by atoms with Crippen LogP contribution in [0.5, 0.6) is 0 Å². The van der Waals surface area contributed by atoms with E-state index in [0.29, 0.717) is 5.56 Å². The highest BCUT2D eigenvalue weighted by Crippen LogP contribution is 2.19. The number of benzene rings is 1. The van der Waals surface area contributed by atoms with Crippen molar-refractivity contribution in [2.75, 3.05) is 26.7 Å². The normalized spacial score (nSPS) is 16.8. The van der Waals surface area contributed by atoms with Crippen LogP contribution >= 0.6 is 0 Å². The van der Waals surface area contributed by atoms with Gasteiger partial charge in [0, 0.05) is 0 Å². The first kappa shape index (κ1) is 18.5. The topological polar surface area (TPSA) is 94.2 Å². The van der Waals surface area contributed by atoms with Crippen molar-refractivity contribution in [3.8, 4) is 0 Å². The second-order valence-corrected chi connectivity index (χ2v) is 5.44. The Balaban J connectivity index is 2.23. The van der Waals surface area contributed by atoms with Gasteiger partial charge in [-0.25, -0.2) is 4.79 Å². The van der Waals surface area contributed by atoms with Gasteiger partial charge in [-0.3, -0.25) is 14.5 Å². The number of nitrogens with zero attached hydrogens (tertiary/aromatic N) is 1. The van der Waals surface area contributed by atoms with Crippen LogP contribution in [0.1, 0.15) is 11.5 Å². The summed E-state index contributed by atoms with van der Waals surface area (Å²) in [5.74, 6) is -2.04. The molecule has 25 heavy (non-hydrogen) atoms. The van der Waals surface area contributed by atoms with Crippen LogP contribution in [0.25, 0.3) is 0 Å². The molecular weight excluding hydrogens is 327 g/mol. The summed E-state index contributed by atoms with van der Waals surface area (Å²) in [5, 5.41) is 2.56. The molecule has 1 N–H and O–H groups in total. The summed E-state index contributed by atoms with van der Waals surface area (Å²) in [7, 11) is 0.301. The van der Waals surface area contributed by atoms with Gasteiger partial charge in [-0.2, -0.15) is 0 Å². The van der Waals surface area contributed by atoms with E-state index < -0.39 is 31.1 Å². The molecule has 1 amide bonds. The molecule has 1 aromatic rings. The van der Waals surface area contributed by atoms with Crippen LogP contribution in [0.4, 0.5) is 4.79 Å². The number of carbonyl (C=O) groups excluding carboxylic acids is 3. The molecule has 1 aliphatic heterocycles. The molecule has 1 heterocycles. The Morgan fingerprint density at radius 3 is 2.48 bits per heavy atom. The highest BCUT2D eigenvalue weighted by atomic mass is 16.6. The molecule has 1 atom stereocenters. The predicted octanol–water partition coefficient (Wildman–Crippen LogP) is 0.699. The van der Waals surface area contributed by atoms with Crippen molar-refractivity contribution >= 4 is 25.2 Å². The number of amides is 1. The van der Waals surface area contributed by atoms with Crippen molar-refractivity contribution in [1.29, 1.82) is 0 Å². The SMILES string of the molecule is C=CCOC(=O)NC(B1OC(=O)CN(C)CC(=O)O1)c1ccccc1. The fraction of sp³-hybridized carbons (Fsp3) is 0.312.